The molecule has 1 heterocycles. The van der Waals surface area contributed by atoms with Gasteiger partial charge in [0, 0.05) is 37.2 Å². The second kappa shape index (κ2) is 6.20. The smallest absolute Gasteiger partial charge is 0.240 e. The van der Waals surface area contributed by atoms with Gasteiger partial charge in [0.1, 0.15) is 5.82 Å². The van der Waals surface area contributed by atoms with E-state index in [0.717, 1.165) is 18.1 Å². The Morgan fingerprint density at radius 2 is 2.33 bits per heavy atom. The maximum Gasteiger partial charge on any atom is 0.240 e. The number of rotatable bonds is 3. The summed E-state index contributed by atoms with van der Waals surface area (Å²) >= 11 is 1.77. The third-order valence-corrected chi connectivity index (χ3v) is 4.02. The van der Waals surface area contributed by atoms with E-state index in [9.17, 15) is 9.18 Å². The van der Waals surface area contributed by atoms with E-state index in [4.69, 9.17) is 0 Å². The summed E-state index contributed by atoms with van der Waals surface area (Å²) in [6.07, 6.45) is 0. The summed E-state index contributed by atoms with van der Waals surface area (Å²) in [6, 6.07) is 6.43. The molecule has 0 radical (unpaired) electrons. The molecule has 18 heavy (non-hydrogen) atoms. The van der Waals surface area contributed by atoms with Crippen LogP contribution in [0.2, 0.25) is 0 Å². The Labute approximate surface area is 111 Å². The summed E-state index contributed by atoms with van der Waals surface area (Å²) in [5.74, 6) is 1.61. The number of likely N-dealkylation sites (N-methyl/N-ethyl adjacent to an activating group) is 1. The second-order valence-corrected chi connectivity index (χ2v) is 5.52. The number of carbonyl (C=O) groups excluding carboxylic acids is 1. The zero-order valence-corrected chi connectivity index (χ0v) is 11.2. The molecule has 1 fully saturated rings. The summed E-state index contributed by atoms with van der Waals surface area (Å²) in [5, 5.41) is 3.19. The maximum atomic E-state index is 13.5. The molecule has 1 amide bonds. The molecular formula is C13H17FN2OS. The highest BCUT2D eigenvalue weighted by Gasteiger charge is 2.24. The number of amides is 1. The van der Waals surface area contributed by atoms with Crippen LogP contribution in [0.5, 0.6) is 0 Å². The van der Waals surface area contributed by atoms with Crippen molar-refractivity contribution < 1.29 is 9.18 Å². The minimum Gasteiger partial charge on any atom is -0.340 e. The summed E-state index contributed by atoms with van der Waals surface area (Å²) in [6.45, 7) is 1.17. The number of nitrogens with one attached hydrogen (secondary N) is 1. The van der Waals surface area contributed by atoms with Crippen molar-refractivity contribution in [2.24, 2.45) is 0 Å². The molecule has 2 rings (SSSR count). The third kappa shape index (κ3) is 3.23. The molecule has 0 aromatic heterocycles. The van der Waals surface area contributed by atoms with Crippen molar-refractivity contribution in [3.8, 4) is 0 Å². The van der Waals surface area contributed by atoms with E-state index in [2.05, 4.69) is 5.32 Å². The van der Waals surface area contributed by atoms with Gasteiger partial charge in [0.05, 0.1) is 6.04 Å². The number of thioether (sulfide) groups is 1. The summed E-state index contributed by atoms with van der Waals surface area (Å²) in [4.78, 5) is 13.7. The second-order valence-electron chi connectivity index (χ2n) is 4.37. The van der Waals surface area contributed by atoms with Gasteiger partial charge >= 0.3 is 0 Å². The number of nitrogens with zero attached hydrogens (tertiary/aromatic N) is 1. The average molecular weight is 268 g/mol. The fourth-order valence-electron chi connectivity index (χ4n) is 1.95. The number of hydrogen-bond acceptors (Lipinski definition) is 3. The fourth-order valence-corrected chi connectivity index (χ4v) is 2.88. The molecule has 0 spiro atoms. The molecule has 1 aliphatic heterocycles. The van der Waals surface area contributed by atoms with Gasteiger partial charge < -0.3 is 10.2 Å². The maximum absolute atomic E-state index is 13.5. The Morgan fingerprint density at radius 3 is 3.00 bits per heavy atom. The van der Waals surface area contributed by atoms with E-state index in [1.807, 2.05) is 0 Å². The lowest BCUT2D eigenvalue weighted by molar-refractivity contribution is -0.132. The Kier molecular flexibility index (Phi) is 4.60. The van der Waals surface area contributed by atoms with Crippen molar-refractivity contribution in [3.63, 3.8) is 0 Å². The van der Waals surface area contributed by atoms with Crippen LogP contribution in [-0.2, 0) is 11.3 Å². The third-order valence-electron chi connectivity index (χ3n) is 2.96. The molecule has 1 unspecified atom stereocenters. The molecule has 1 aromatic carbocycles. The molecular weight excluding hydrogens is 251 g/mol. The first kappa shape index (κ1) is 13.4. The molecule has 1 saturated heterocycles. The van der Waals surface area contributed by atoms with E-state index < -0.39 is 0 Å². The highest BCUT2D eigenvalue weighted by Crippen LogP contribution is 2.13. The van der Waals surface area contributed by atoms with Gasteiger partial charge in [-0.05, 0) is 6.07 Å². The average Bonchev–Trinajstić information content (AvgIpc) is 2.41. The van der Waals surface area contributed by atoms with Crippen LogP contribution in [0, 0.1) is 5.82 Å². The lowest BCUT2D eigenvalue weighted by Gasteiger charge is -2.27. The highest BCUT2D eigenvalue weighted by molar-refractivity contribution is 7.99. The number of carbonyl (C=O) groups is 1. The summed E-state index contributed by atoms with van der Waals surface area (Å²) in [7, 11) is 1.72. The molecule has 1 aliphatic rings. The lowest BCUT2D eigenvalue weighted by Crippen LogP contribution is -2.49. The lowest BCUT2D eigenvalue weighted by atomic mass is 10.2. The van der Waals surface area contributed by atoms with E-state index in [1.165, 1.54) is 6.07 Å². The predicted octanol–water partition coefficient (Wildman–Crippen LogP) is 1.49. The first-order valence-electron chi connectivity index (χ1n) is 5.98. The van der Waals surface area contributed by atoms with Gasteiger partial charge in [0.25, 0.3) is 0 Å². The van der Waals surface area contributed by atoms with Gasteiger partial charge in [0.2, 0.25) is 5.91 Å². The molecule has 0 saturated carbocycles. The van der Waals surface area contributed by atoms with Crippen LogP contribution in [-0.4, -0.2) is 41.9 Å². The van der Waals surface area contributed by atoms with Crippen LogP contribution >= 0.6 is 11.8 Å². The zero-order chi connectivity index (χ0) is 13.0. The molecule has 1 aromatic rings. The quantitative estimate of drug-likeness (QED) is 0.901. The first-order valence-corrected chi connectivity index (χ1v) is 7.13. The van der Waals surface area contributed by atoms with Gasteiger partial charge in [-0.3, -0.25) is 4.79 Å². The molecule has 5 heteroatoms. The van der Waals surface area contributed by atoms with Crippen LogP contribution in [0.3, 0.4) is 0 Å². The van der Waals surface area contributed by atoms with Crippen molar-refractivity contribution in [1.82, 2.24) is 10.2 Å². The van der Waals surface area contributed by atoms with E-state index >= 15 is 0 Å². The van der Waals surface area contributed by atoms with E-state index in [-0.39, 0.29) is 17.8 Å². The summed E-state index contributed by atoms with van der Waals surface area (Å²) in [5.41, 5.74) is 0.553. The normalized spacial score (nSPS) is 19.6. The molecule has 1 atom stereocenters. The predicted molar refractivity (Wildman–Crippen MR) is 72.0 cm³/mol. The highest BCUT2D eigenvalue weighted by atomic mass is 32.2. The Morgan fingerprint density at radius 1 is 1.56 bits per heavy atom. The van der Waals surface area contributed by atoms with Crippen LogP contribution < -0.4 is 5.32 Å². The minimum atomic E-state index is -0.261. The molecule has 0 bridgehead atoms. The first-order chi connectivity index (χ1) is 8.68. The van der Waals surface area contributed by atoms with Crippen LogP contribution in [0.15, 0.2) is 24.3 Å². The van der Waals surface area contributed by atoms with Crippen molar-refractivity contribution in [2.45, 2.75) is 12.6 Å². The Bertz CT molecular complexity index is 421. The van der Waals surface area contributed by atoms with Gasteiger partial charge in [-0.15, -0.1) is 0 Å². The summed E-state index contributed by atoms with van der Waals surface area (Å²) < 4.78 is 13.5. The SMILES string of the molecule is CN(Cc1ccccc1F)C(=O)C1CSCCN1. The number of benzene rings is 1. The van der Waals surface area contributed by atoms with Crippen LogP contribution in [0.4, 0.5) is 4.39 Å². The molecule has 1 N–H and O–H groups in total. The van der Waals surface area contributed by atoms with Crippen molar-refractivity contribution in [3.05, 3.63) is 35.6 Å². The molecule has 3 nitrogen and oxygen atoms in total. The number of hydrogen-bond donors (Lipinski definition) is 1. The van der Waals surface area contributed by atoms with Crippen molar-refractivity contribution in [1.29, 1.82) is 0 Å². The standard InChI is InChI=1S/C13H17FN2OS/c1-16(8-10-4-2-3-5-11(10)14)13(17)12-9-18-7-6-15-12/h2-5,12,15H,6-9H2,1H3. The van der Waals surface area contributed by atoms with Crippen LogP contribution in [0.25, 0.3) is 0 Å². The topological polar surface area (TPSA) is 32.3 Å². The Hall–Kier alpha value is -1.07. The fraction of sp³-hybridized carbons (Fsp3) is 0.462. The Balaban J connectivity index is 1.96. The monoisotopic (exact) mass is 268 g/mol. The minimum absolute atomic E-state index is 0.0328. The van der Waals surface area contributed by atoms with E-state index in [0.29, 0.717) is 12.1 Å². The largest absolute Gasteiger partial charge is 0.340 e. The van der Waals surface area contributed by atoms with Crippen molar-refractivity contribution >= 4 is 17.7 Å². The zero-order valence-electron chi connectivity index (χ0n) is 10.4. The number of halogens is 1. The van der Waals surface area contributed by atoms with Gasteiger partial charge in [-0.25, -0.2) is 4.39 Å². The molecule has 98 valence electrons. The van der Waals surface area contributed by atoms with Gasteiger partial charge in [-0.2, -0.15) is 11.8 Å². The van der Waals surface area contributed by atoms with E-state index in [1.54, 1.807) is 41.9 Å². The van der Waals surface area contributed by atoms with Crippen LogP contribution in [0.1, 0.15) is 5.56 Å². The van der Waals surface area contributed by atoms with Crippen molar-refractivity contribution in [2.75, 3.05) is 25.1 Å². The van der Waals surface area contributed by atoms with Gasteiger partial charge in [0.15, 0.2) is 0 Å². The molecule has 0 aliphatic carbocycles. The van der Waals surface area contributed by atoms with Gasteiger partial charge in [-0.1, -0.05) is 18.2 Å².